The quantitative estimate of drug-likeness (QED) is 0.249. The summed E-state index contributed by atoms with van der Waals surface area (Å²) in [5.41, 5.74) is 4.79. The maximum atomic E-state index is 13.8. The molecule has 2 heterocycles. The van der Waals surface area contributed by atoms with E-state index in [4.69, 9.17) is 13.9 Å². The Balaban J connectivity index is 1.71. The molecule has 0 saturated carbocycles. The van der Waals surface area contributed by atoms with Gasteiger partial charge in [0.1, 0.15) is 11.3 Å². The van der Waals surface area contributed by atoms with Gasteiger partial charge in [-0.15, -0.1) is 0 Å². The molecular weight excluding hydrogens is 530 g/mol. The number of furan rings is 1. The molecule has 1 N–H and O–H groups in total. The van der Waals surface area contributed by atoms with Gasteiger partial charge in [0.2, 0.25) is 5.78 Å². The average molecular weight is 570 g/mol. The number of ketones is 2. The van der Waals surface area contributed by atoms with Gasteiger partial charge in [-0.3, -0.25) is 9.59 Å². The van der Waals surface area contributed by atoms with E-state index in [2.05, 4.69) is 39.9 Å². The number of benzene rings is 2. The lowest BCUT2D eigenvalue weighted by Gasteiger charge is -2.39. The molecule has 1 aromatic heterocycles. The van der Waals surface area contributed by atoms with Crippen molar-refractivity contribution in [1.29, 1.82) is 0 Å². The highest BCUT2D eigenvalue weighted by Crippen LogP contribution is 2.48. The van der Waals surface area contributed by atoms with E-state index in [1.165, 1.54) is 0 Å². The summed E-state index contributed by atoms with van der Waals surface area (Å²) in [6.45, 7) is 14.3. The molecule has 42 heavy (non-hydrogen) atoms. The second-order valence-corrected chi connectivity index (χ2v) is 13.1. The second kappa shape index (κ2) is 10.6. The number of fused-ring (bicyclic) bond motifs is 1. The summed E-state index contributed by atoms with van der Waals surface area (Å²) in [5, 5.41) is 4.12. The molecule has 7 nitrogen and oxygen atoms in total. The molecule has 2 aliphatic rings. The van der Waals surface area contributed by atoms with Gasteiger partial charge in [0.25, 0.3) is 0 Å². The van der Waals surface area contributed by atoms with E-state index in [0.29, 0.717) is 46.6 Å². The number of methoxy groups -OCH3 is 1. The van der Waals surface area contributed by atoms with Crippen molar-refractivity contribution in [3.8, 4) is 5.75 Å². The number of esters is 1. The van der Waals surface area contributed by atoms with Gasteiger partial charge in [0.15, 0.2) is 11.5 Å². The van der Waals surface area contributed by atoms with Gasteiger partial charge in [-0.2, -0.15) is 0 Å². The van der Waals surface area contributed by atoms with Gasteiger partial charge in [0, 0.05) is 45.8 Å². The SMILES string of the molecule is CCOC(=O)C1=C(C)NC2=C(C(=O)CC(C)(C)C2)C1c1cc(C(C)(C)C)c2oc(C(=O)c3ccc(OC)cc3)cc2c1. The van der Waals surface area contributed by atoms with Crippen LogP contribution in [0.25, 0.3) is 11.0 Å². The molecule has 0 radical (unpaired) electrons. The van der Waals surface area contributed by atoms with Crippen LogP contribution in [0.15, 0.2) is 69.4 Å². The van der Waals surface area contributed by atoms with E-state index in [9.17, 15) is 14.4 Å². The highest BCUT2D eigenvalue weighted by Gasteiger charge is 2.43. The molecule has 0 amide bonds. The molecule has 1 unspecified atom stereocenters. The Bertz CT molecular complexity index is 1660. The van der Waals surface area contributed by atoms with Crippen LogP contribution in [0.5, 0.6) is 5.75 Å². The fraction of sp³-hybridized carbons (Fsp3) is 0.400. The number of allylic oxidation sites excluding steroid dienone is 3. The lowest BCUT2D eigenvalue weighted by molar-refractivity contribution is -0.138. The number of hydrogen-bond donors (Lipinski definition) is 1. The van der Waals surface area contributed by atoms with Crippen molar-refractivity contribution in [1.82, 2.24) is 5.32 Å². The molecule has 0 spiro atoms. The number of Topliss-reactive ketones (excluding diaryl/α,β-unsaturated/α-hetero) is 1. The van der Waals surface area contributed by atoms with E-state index >= 15 is 0 Å². The molecule has 0 fully saturated rings. The number of dihydropyridines is 1. The molecule has 1 atom stereocenters. The van der Waals surface area contributed by atoms with Crippen LogP contribution in [-0.2, 0) is 19.7 Å². The number of ether oxygens (including phenoxy) is 2. The first-order chi connectivity index (χ1) is 19.7. The highest BCUT2D eigenvalue weighted by atomic mass is 16.5. The monoisotopic (exact) mass is 569 g/mol. The van der Waals surface area contributed by atoms with Gasteiger partial charge < -0.3 is 19.2 Å². The summed E-state index contributed by atoms with van der Waals surface area (Å²) in [7, 11) is 1.58. The van der Waals surface area contributed by atoms with Crippen molar-refractivity contribution in [3.05, 3.63) is 87.5 Å². The zero-order chi connectivity index (χ0) is 30.6. The Morgan fingerprint density at radius 3 is 2.38 bits per heavy atom. The molecule has 220 valence electrons. The third-order valence-electron chi connectivity index (χ3n) is 8.09. The average Bonchev–Trinajstić information content (AvgIpc) is 3.34. The molecule has 7 heteroatoms. The molecule has 0 saturated heterocycles. The maximum Gasteiger partial charge on any atom is 0.336 e. The smallest absolute Gasteiger partial charge is 0.336 e. The van der Waals surface area contributed by atoms with E-state index in [1.807, 2.05) is 19.1 Å². The Labute approximate surface area is 246 Å². The van der Waals surface area contributed by atoms with E-state index < -0.39 is 11.9 Å². The lowest BCUT2D eigenvalue weighted by Crippen LogP contribution is -2.38. The van der Waals surface area contributed by atoms with E-state index in [0.717, 1.165) is 22.2 Å². The summed E-state index contributed by atoms with van der Waals surface area (Å²) < 4.78 is 17.0. The molecule has 2 aromatic carbocycles. The number of hydrogen-bond acceptors (Lipinski definition) is 7. The van der Waals surface area contributed by atoms with Crippen LogP contribution in [0.1, 0.15) is 94.5 Å². The minimum absolute atomic E-state index is 0.0213. The predicted octanol–water partition coefficient (Wildman–Crippen LogP) is 7.14. The Hall–Kier alpha value is -4.13. The minimum Gasteiger partial charge on any atom is -0.497 e. The van der Waals surface area contributed by atoms with Crippen LogP contribution < -0.4 is 10.1 Å². The first-order valence-electron chi connectivity index (χ1n) is 14.4. The molecule has 1 aliphatic carbocycles. The summed E-state index contributed by atoms with van der Waals surface area (Å²) in [4.78, 5) is 40.6. The number of nitrogens with one attached hydrogen (secondary N) is 1. The maximum absolute atomic E-state index is 13.8. The fourth-order valence-electron chi connectivity index (χ4n) is 6.15. The molecule has 5 rings (SSSR count). The summed E-state index contributed by atoms with van der Waals surface area (Å²) in [6.07, 6.45) is 1.08. The lowest BCUT2D eigenvalue weighted by atomic mass is 9.68. The van der Waals surface area contributed by atoms with Crippen molar-refractivity contribution in [2.45, 2.75) is 72.6 Å². The van der Waals surface area contributed by atoms with Gasteiger partial charge in [0.05, 0.1) is 19.3 Å². The molecule has 0 bridgehead atoms. The Kier molecular flexibility index (Phi) is 7.42. The van der Waals surface area contributed by atoms with Crippen molar-refractivity contribution in [3.63, 3.8) is 0 Å². The Morgan fingerprint density at radius 2 is 1.76 bits per heavy atom. The van der Waals surface area contributed by atoms with Crippen LogP contribution in [0.4, 0.5) is 0 Å². The zero-order valence-corrected chi connectivity index (χ0v) is 25.7. The first-order valence-corrected chi connectivity index (χ1v) is 14.4. The molecule has 3 aromatic rings. The normalized spacial score (nSPS) is 18.6. The standard InChI is InChI=1S/C35H39NO6/c1-9-41-33(39)28-19(2)36-25-17-35(6,7)18-26(37)30(25)29(28)21-14-22-16-27(42-32(22)24(15-21)34(3,4)5)31(38)20-10-12-23(40-8)13-11-20/h10-16,29,36H,9,17-18H2,1-8H3. The highest BCUT2D eigenvalue weighted by molar-refractivity contribution is 6.09. The van der Waals surface area contributed by atoms with Crippen molar-refractivity contribution >= 4 is 28.5 Å². The third kappa shape index (κ3) is 5.28. The number of carbonyl (C=O) groups excluding carboxylic acids is 3. The van der Waals surface area contributed by atoms with Gasteiger partial charge in [-0.25, -0.2) is 4.79 Å². The largest absolute Gasteiger partial charge is 0.497 e. The molecule has 1 aliphatic heterocycles. The predicted molar refractivity (Wildman–Crippen MR) is 162 cm³/mol. The van der Waals surface area contributed by atoms with Gasteiger partial charge >= 0.3 is 5.97 Å². The third-order valence-corrected chi connectivity index (χ3v) is 8.09. The number of rotatable bonds is 6. The fourth-order valence-corrected chi connectivity index (χ4v) is 6.15. The van der Waals surface area contributed by atoms with E-state index in [-0.39, 0.29) is 34.8 Å². The summed E-state index contributed by atoms with van der Waals surface area (Å²) >= 11 is 0. The molecular formula is C35H39NO6. The summed E-state index contributed by atoms with van der Waals surface area (Å²) in [5.74, 6) is -0.395. The second-order valence-electron chi connectivity index (χ2n) is 13.1. The summed E-state index contributed by atoms with van der Waals surface area (Å²) in [6, 6.07) is 12.6. The van der Waals surface area contributed by atoms with Crippen LogP contribution in [0.2, 0.25) is 0 Å². The zero-order valence-electron chi connectivity index (χ0n) is 25.7. The Morgan fingerprint density at radius 1 is 1.07 bits per heavy atom. The van der Waals surface area contributed by atoms with Crippen molar-refractivity contribution in [2.75, 3.05) is 13.7 Å². The van der Waals surface area contributed by atoms with Crippen LogP contribution >= 0.6 is 0 Å². The van der Waals surface area contributed by atoms with Crippen LogP contribution in [-0.4, -0.2) is 31.3 Å². The van der Waals surface area contributed by atoms with Gasteiger partial charge in [-0.05, 0) is 73.1 Å². The van der Waals surface area contributed by atoms with Gasteiger partial charge in [-0.1, -0.05) is 40.7 Å². The topological polar surface area (TPSA) is 94.8 Å². The van der Waals surface area contributed by atoms with Crippen molar-refractivity contribution < 1.29 is 28.3 Å². The van der Waals surface area contributed by atoms with Crippen LogP contribution in [0.3, 0.4) is 0 Å². The first kappa shape index (κ1) is 29.4. The number of carbonyl (C=O) groups is 3. The minimum atomic E-state index is -0.606. The van der Waals surface area contributed by atoms with Crippen molar-refractivity contribution in [2.24, 2.45) is 5.41 Å². The van der Waals surface area contributed by atoms with Crippen LogP contribution in [0, 0.1) is 5.41 Å². The van der Waals surface area contributed by atoms with E-state index in [1.54, 1.807) is 44.4 Å².